The van der Waals surface area contributed by atoms with E-state index in [2.05, 4.69) is 6.07 Å². The molecule has 3 aromatic rings. The van der Waals surface area contributed by atoms with Crippen LogP contribution in [0.15, 0.2) is 46.6 Å². The average Bonchev–Trinajstić information content (AvgIpc) is 2.69. The van der Waals surface area contributed by atoms with Crippen LogP contribution in [0.2, 0.25) is 0 Å². The summed E-state index contributed by atoms with van der Waals surface area (Å²) in [5.74, 6) is 0. The number of thiophene rings is 1. The summed E-state index contributed by atoms with van der Waals surface area (Å²) in [5.41, 5.74) is 1.32. The van der Waals surface area contributed by atoms with E-state index in [9.17, 15) is 4.79 Å². The van der Waals surface area contributed by atoms with Crippen LogP contribution in [0.4, 0.5) is 0 Å². The molecule has 78 valence electrons. The van der Waals surface area contributed by atoms with Crippen molar-refractivity contribution in [1.29, 1.82) is 0 Å². The highest BCUT2D eigenvalue weighted by atomic mass is 32.1. The second-order valence-corrected chi connectivity index (χ2v) is 4.90. The zero-order valence-corrected chi connectivity index (χ0v) is 9.67. The highest BCUT2D eigenvalue weighted by Crippen LogP contribution is 2.20. The SMILES string of the molecule is Cc1ccc2c(=O)c3ccsc3ccc2c1. The van der Waals surface area contributed by atoms with E-state index in [1.165, 1.54) is 5.56 Å². The van der Waals surface area contributed by atoms with Crippen molar-refractivity contribution in [1.82, 2.24) is 0 Å². The lowest BCUT2D eigenvalue weighted by atomic mass is 10.1. The molecule has 0 aliphatic heterocycles. The monoisotopic (exact) mass is 226 g/mol. The lowest BCUT2D eigenvalue weighted by Gasteiger charge is -1.93. The van der Waals surface area contributed by atoms with Crippen LogP contribution in [0.3, 0.4) is 0 Å². The molecule has 0 atom stereocenters. The molecule has 1 heterocycles. The second kappa shape index (κ2) is 3.42. The molecule has 16 heavy (non-hydrogen) atoms. The lowest BCUT2D eigenvalue weighted by Crippen LogP contribution is -1.96. The molecule has 0 aliphatic rings. The summed E-state index contributed by atoms with van der Waals surface area (Å²) in [7, 11) is 0. The largest absolute Gasteiger partial charge is 0.289 e. The van der Waals surface area contributed by atoms with Gasteiger partial charge in [0.15, 0.2) is 5.43 Å². The van der Waals surface area contributed by atoms with Crippen LogP contribution in [0.25, 0.3) is 20.9 Å². The smallest absolute Gasteiger partial charge is 0.195 e. The molecule has 0 aliphatic carbocycles. The number of hydrogen-bond acceptors (Lipinski definition) is 2. The molecular formula is C14H10OS. The lowest BCUT2D eigenvalue weighted by molar-refractivity contribution is 1.51. The van der Waals surface area contributed by atoms with Gasteiger partial charge in [-0.3, -0.25) is 4.79 Å². The predicted octanol–water partition coefficient (Wildman–Crippen LogP) is 3.72. The van der Waals surface area contributed by atoms with E-state index >= 15 is 0 Å². The summed E-state index contributed by atoms with van der Waals surface area (Å²) in [5, 5.41) is 4.61. The van der Waals surface area contributed by atoms with Gasteiger partial charge >= 0.3 is 0 Å². The van der Waals surface area contributed by atoms with Crippen molar-refractivity contribution in [2.45, 2.75) is 6.92 Å². The molecule has 2 heteroatoms. The van der Waals surface area contributed by atoms with Crippen molar-refractivity contribution in [2.24, 2.45) is 0 Å². The van der Waals surface area contributed by atoms with Crippen molar-refractivity contribution in [3.05, 3.63) is 57.6 Å². The minimum absolute atomic E-state index is 0.135. The van der Waals surface area contributed by atoms with E-state index < -0.39 is 0 Å². The van der Waals surface area contributed by atoms with Gasteiger partial charge in [0, 0.05) is 15.5 Å². The third-order valence-corrected chi connectivity index (χ3v) is 3.69. The molecule has 2 aromatic carbocycles. The Morgan fingerprint density at radius 3 is 2.75 bits per heavy atom. The van der Waals surface area contributed by atoms with Crippen LogP contribution in [0.5, 0.6) is 0 Å². The van der Waals surface area contributed by atoms with Crippen LogP contribution >= 0.6 is 11.3 Å². The van der Waals surface area contributed by atoms with E-state index in [0.717, 1.165) is 20.9 Å². The van der Waals surface area contributed by atoms with Gasteiger partial charge in [-0.1, -0.05) is 29.8 Å². The first-order valence-corrected chi connectivity index (χ1v) is 6.04. The van der Waals surface area contributed by atoms with Crippen molar-refractivity contribution in [3.63, 3.8) is 0 Å². The maximum absolute atomic E-state index is 12.3. The van der Waals surface area contributed by atoms with E-state index in [1.54, 1.807) is 11.3 Å². The number of benzene rings is 1. The topological polar surface area (TPSA) is 17.1 Å². The number of fused-ring (bicyclic) bond motifs is 2. The number of rotatable bonds is 0. The molecule has 3 rings (SSSR count). The Bertz CT molecular complexity index is 740. The number of aryl methyl sites for hydroxylation is 1. The molecule has 0 N–H and O–H groups in total. The molecule has 1 aromatic heterocycles. The zero-order chi connectivity index (χ0) is 11.1. The quantitative estimate of drug-likeness (QED) is 0.571. The Balaban J connectivity index is 2.64. The predicted molar refractivity (Wildman–Crippen MR) is 70.3 cm³/mol. The normalized spacial score (nSPS) is 11.1. The fourth-order valence-corrected chi connectivity index (χ4v) is 2.76. The number of hydrogen-bond donors (Lipinski definition) is 0. The maximum Gasteiger partial charge on any atom is 0.195 e. The standard InChI is InChI=1S/C14H10OS/c1-9-2-4-11-10(8-9)3-5-13-12(14(11)15)6-7-16-13/h2-8H,1H3. The van der Waals surface area contributed by atoms with Crippen molar-refractivity contribution < 1.29 is 0 Å². The zero-order valence-electron chi connectivity index (χ0n) is 8.86. The summed E-state index contributed by atoms with van der Waals surface area (Å²) in [4.78, 5) is 12.3. The van der Waals surface area contributed by atoms with E-state index in [4.69, 9.17) is 0 Å². The van der Waals surface area contributed by atoms with Crippen LogP contribution in [0, 0.1) is 6.92 Å². The Hall–Kier alpha value is -1.67. The Morgan fingerprint density at radius 1 is 1.00 bits per heavy atom. The third kappa shape index (κ3) is 1.34. The van der Waals surface area contributed by atoms with Crippen molar-refractivity contribution in [2.75, 3.05) is 0 Å². The van der Waals surface area contributed by atoms with Gasteiger partial charge in [0.25, 0.3) is 0 Å². The third-order valence-electron chi connectivity index (χ3n) is 2.81. The molecule has 0 spiro atoms. The van der Waals surface area contributed by atoms with Gasteiger partial charge < -0.3 is 0 Å². The second-order valence-electron chi connectivity index (χ2n) is 3.95. The maximum atomic E-state index is 12.3. The van der Waals surface area contributed by atoms with E-state index in [1.807, 2.05) is 42.6 Å². The highest BCUT2D eigenvalue weighted by molar-refractivity contribution is 7.17. The van der Waals surface area contributed by atoms with E-state index in [0.29, 0.717) is 0 Å². The Morgan fingerprint density at radius 2 is 1.88 bits per heavy atom. The van der Waals surface area contributed by atoms with Crippen LogP contribution in [-0.4, -0.2) is 0 Å². The van der Waals surface area contributed by atoms with Gasteiger partial charge in [0.1, 0.15) is 0 Å². The molecule has 0 amide bonds. The Labute approximate surface area is 97.0 Å². The molecule has 0 radical (unpaired) electrons. The van der Waals surface area contributed by atoms with Crippen LogP contribution in [-0.2, 0) is 0 Å². The minimum Gasteiger partial charge on any atom is -0.289 e. The summed E-state index contributed by atoms with van der Waals surface area (Å²) in [6.45, 7) is 2.04. The van der Waals surface area contributed by atoms with Gasteiger partial charge in [-0.05, 0) is 29.8 Å². The average molecular weight is 226 g/mol. The Kier molecular flexibility index (Phi) is 2.04. The summed E-state index contributed by atoms with van der Waals surface area (Å²) < 4.78 is 1.05. The minimum atomic E-state index is 0.135. The molecule has 0 unspecified atom stereocenters. The fourth-order valence-electron chi connectivity index (χ4n) is 1.98. The van der Waals surface area contributed by atoms with Gasteiger partial charge in [0.05, 0.1) is 0 Å². The van der Waals surface area contributed by atoms with Crippen LogP contribution < -0.4 is 5.43 Å². The molecule has 0 fully saturated rings. The first kappa shape index (κ1) is 9.55. The van der Waals surface area contributed by atoms with Gasteiger partial charge in [-0.2, -0.15) is 0 Å². The summed E-state index contributed by atoms with van der Waals surface area (Å²) in [6.07, 6.45) is 0. The first-order chi connectivity index (χ1) is 7.75. The molecule has 1 nitrogen and oxygen atoms in total. The molecule has 0 saturated heterocycles. The molecule has 0 saturated carbocycles. The molecular weight excluding hydrogens is 216 g/mol. The van der Waals surface area contributed by atoms with Crippen molar-refractivity contribution >= 4 is 32.2 Å². The first-order valence-electron chi connectivity index (χ1n) is 5.16. The molecule has 0 bridgehead atoms. The van der Waals surface area contributed by atoms with Gasteiger partial charge in [-0.25, -0.2) is 0 Å². The summed E-state index contributed by atoms with van der Waals surface area (Å²) in [6, 6.07) is 11.9. The highest BCUT2D eigenvalue weighted by Gasteiger charge is 2.02. The van der Waals surface area contributed by atoms with E-state index in [-0.39, 0.29) is 5.43 Å². The van der Waals surface area contributed by atoms with Gasteiger partial charge in [0.2, 0.25) is 0 Å². The fraction of sp³-hybridized carbons (Fsp3) is 0.0714. The van der Waals surface area contributed by atoms with Crippen molar-refractivity contribution in [3.8, 4) is 0 Å². The van der Waals surface area contributed by atoms with Crippen LogP contribution in [0.1, 0.15) is 5.56 Å². The van der Waals surface area contributed by atoms with Gasteiger partial charge in [-0.15, -0.1) is 11.3 Å². The summed E-state index contributed by atoms with van der Waals surface area (Å²) >= 11 is 1.61.